The predicted octanol–water partition coefficient (Wildman–Crippen LogP) is 2.25. The molecule has 0 spiro atoms. The molecule has 1 aromatic rings. The van der Waals surface area contributed by atoms with Crippen molar-refractivity contribution in [3.05, 3.63) is 23.7 Å². The third-order valence-electron chi connectivity index (χ3n) is 3.65. The van der Waals surface area contributed by atoms with Crippen LogP contribution in [0.1, 0.15) is 50.2 Å². The van der Waals surface area contributed by atoms with Crippen molar-refractivity contribution in [2.45, 2.75) is 51.2 Å². The first-order chi connectivity index (χ1) is 8.98. The number of nitrogens with one attached hydrogen (secondary N) is 2. The molecule has 1 unspecified atom stereocenters. The third kappa shape index (κ3) is 3.73. The summed E-state index contributed by atoms with van der Waals surface area (Å²) in [5.74, 6) is 1.55. The summed E-state index contributed by atoms with van der Waals surface area (Å²) in [4.78, 5) is 11.8. The number of furan rings is 1. The first kappa shape index (κ1) is 13.9. The Balaban J connectivity index is 1.78. The molecule has 1 aliphatic rings. The van der Waals surface area contributed by atoms with Crippen LogP contribution in [-0.4, -0.2) is 23.3 Å². The van der Waals surface area contributed by atoms with Gasteiger partial charge in [0.15, 0.2) is 0 Å². The number of carbonyl (C=O) groups is 1. The van der Waals surface area contributed by atoms with Gasteiger partial charge in [-0.05, 0) is 38.8 Å². The van der Waals surface area contributed by atoms with Crippen LogP contribution in [0.4, 0.5) is 4.79 Å². The zero-order chi connectivity index (χ0) is 13.9. The van der Waals surface area contributed by atoms with Crippen LogP contribution in [0.25, 0.3) is 0 Å². The number of rotatable bonds is 4. The molecule has 5 nitrogen and oxygen atoms in total. The lowest BCUT2D eigenvalue weighted by Gasteiger charge is -2.23. The van der Waals surface area contributed by atoms with Crippen LogP contribution in [0, 0.1) is 6.92 Å². The fourth-order valence-electron chi connectivity index (χ4n) is 2.46. The average molecular weight is 266 g/mol. The van der Waals surface area contributed by atoms with Crippen molar-refractivity contribution >= 4 is 6.03 Å². The zero-order valence-electron chi connectivity index (χ0n) is 11.5. The Bertz CT molecular complexity index is 436. The van der Waals surface area contributed by atoms with Crippen LogP contribution in [-0.2, 0) is 0 Å². The monoisotopic (exact) mass is 266 g/mol. The standard InChI is InChI=1S/C14H22N2O3/c1-10-5-6-12(19-10)11(2)16-13(17)15-9-14(18)7-3-4-8-14/h5-6,11,18H,3-4,7-9H2,1-2H3,(H2,15,16,17). The Morgan fingerprint density at radius 3 is 2.74 bits per heavy atom. The van der Waals surface area contributed by atoms with Gasteiger partial charge in [-0.25, -0.2) is 4.79 Å². The molecule has 0 bridgehead atoms. The molecule has 106 valence electrons. The fraction of sp³-hybridized carbons (Fsp3) is 0.643. The number of aryl methyl sites for hydroxylation is 1. The van der Waals surface area contributed by atoms with Gasteiger partial charge in [0.2, 0.25) is 0 Å². The van der Waals surface area contributed by atoms with E-state index >= 15 is 0 Å². The molecule has 0 aliphatic heterocycles. The summed E-state index contributed by atoms with van der Waals surface area (Å²) in [6.07, 6.45) is 3.59. The lowest BCUT2D eigenvalue weighted by Crippen LogP contribution is -2.45. The number of hydrogen-bond donors (Lipinski definition) is 3. The molecule has 1 atom stereocenters. The number of hydrogen-bond acceptors (Lipinski definition) is 3. The van der Waals surface area contributed by atoms with Crippen molar-refractivity contribution < 1.29 is 14.3 Å². The predicted molar refractivity (Wildman–Crippen MR) is 71.8 cm³/mol. The molecule has 2 amide bonds. The van der Waals surface area contributed by atoms with E-state index in [1.165, 1.54) is 0 Å². The molecule has 1 aliphatic carbocycles. The van der Waals surface area contributed by atoms with Crippen molar-refractivity contribution in [1.29, 1.82) is 0 Å². The largest absolute Gasteiger partial charge is 0.464 e. The van der Waals surface area contributed by atoms with Gasteiger partial charge in [0.25, 0.3) is 0 Å². The summed E-state index contributed by atoms with van der Waals surface area (Å²) in [6, 6.07) is 3.26. The molecule has 2 rings (SSSR count). The van der Waals surface area contributed by atoms with E-state index in [-0.39, 0.29) is 12.1 Å². The molecule has 3 N–H and O–H groups in total. The van der Waals surface area contributed by atoms with Gasteiger partial charge >= 0.3 is 6.03 Å². The van der Waals surface area contributed by atoms with Gasteiger partial charge in [0.05, 0.1) is 11.6 Å². The minimum Gasteiger partial charge on any atom is -0.464 e. The number of aliphatic hydroxyl groups is 1. The summed E-state index contributed by atoms with van der Waals surface area (Å²) in [6.45, 7) is 4.04. The van der Waals surface area contributed by atoms with Crippen molar-refractivity contribution in [2.75, 3.05) is 6.54 Å². The van der Waals surface area contributed by atoms with Gasteiger partial charge in [-0.2, -0.15) is 0 Å². The molecule has 1 fully saturated rings. The Hall–Kier alpha value is -1.49. The number of amides is 2. The topological polar surface area (TPSA) is 74.5 Å². The molecule has 1 saturated carbocycles. The van der Waals surface area contributed by atoms with Crippen LogP contribution in [0.2, 0.25) is 0 Å². The van der Waals surface area contributed by atoms with Crippen molar-refractivity contribution in [3.63, 3.8) is 0 Å². The van der Waals surface area contributed by atoms with Crippen molar-refractivity contribution in [2.24, 2.45) is 0 Å². The van der Waals surface area contributed by atoms with E-state index in [9.17, 15) is 9.90 Å². The van der Waals surface area contributed by atoms with Gasteiger partial charge < -0.3 is 20.2 Å². The van der Waals surface area contributed by atoms with E-state index in [0.717, 1.165) is 37.2 Å². The minimum absolute atomic E-state index is 0.188. The number of carbonyl (C=O) groups excluding carboxylic acids is 1. The molecule has 1 heterocycles. The van der Waals surface area contributed by atoms with Crippen LogP contribution in [0.3, 0.4) is 0 Å². The SMILES string of the molecule is Cc1ccc(C(C)NC(=O)NCC2(O)CCCC2)o1. The van der Waals surface area contributed by atoms with Crippen LogP contribution in [0.15, 0.2) is 16.5 Å². The molecule has 1 aromatic heterocycles. The third-order valence-corrected chi connectivity index (χ3v) is 3.65. The highest BCUT2D eigenvalue weighted by Gasteiger charge is 2.31. The second kappa shape index (κ2) is 5.65. The normalized spacial score (nSPS) is 19.1. The van der Waals surface area contributed by atoms with Gasteiger partial charge in [0, 0.05) is 6.54 Å². The van der Waals surface area contributed by atoms with E-state index in [1.54, 1.807) is 0 Å². The second-order valence-electron chi connectivity index (χ2n) is 5.43. The van der Waals surface area contributed by atoms with Gasteiger partial charge in [-0.15, -0.1) is 0 Å². The second-order valence-corrected chi connectivity index (χ2v) is 5.43. The molecule has 0 aromatic carbocycles. The summed E-state index contributed by atoms with van der Waals surface area (Å²) in [5, 5.41) is 15.7. The summed E-state index contributed by atoms with van der Waals surface area (Å²) < 4.78 is 5.45. The Morgan fingerprint density at radius 1 is 1.47 bits per heavy atom. The van der Waals surface area contributed by atoms with E-state index in [0.29, 0.717) is 6.54 Å². The molecular formula is C14H22N2O3. The summed E-state index contributed by atoms with van der Waals surface area (Å²) >= 11 is 0. The molecule has 0 saturated heterocycles. The van der Waals surface area contributed by atoms with Gasteiger partial charge in [0.1, 0.15) is 11.5 Å². The van der Waals surface area contributed by atoms with E-state index in [4.69, 9.17) is 4.42 Å². The van der Waals surface area contributed by atoms with Crippen LogP contribution >= 0.6 is 0 Å². The smallest absolute Gasteiger partial charge is 0.315 e. The first-order valence-electron chi connectivity index (χ1n) is 6.82. The van der Waals surface area contributed by atoms with Crippen LogP contribution in [0.5, 0.6) is 0 Å². The first-order valence-corrected chi connectivity index (χ1v) is 6.82. The number of urea groups is 1. The van der Waals surface area contributed by atoms with E-state index in [1.807, 2.05) is 26.0 Å². The maximum Gasteiger partial charge on any atom is 0.315 e. The zero-order valence-corrected chi connectivity index (χ0v) is 11.5. The fourth-order valence-corrected chi connectivity index (χ4v) is 2.46. The average Bonchev–Trinajstić information content (AvgIpc) is 2.96. The quantitative estimate of drug-likeness (QED) is 0.782. The molecule has 5 heteroatoms. The van der Waals surface area contributed by atoms with Crippen LogP contribution < -0.4 is 10.6 Å². The Labute approximate surface area is 113 Å². The highest BCUT2D eigenvalue weighted by molar-refractivity contribution is 5.74. The highest BCUT2D eigenvalue weighted by Crippen LogP contribution is 2.28. The maximum atomic E-state index is 11.8. The summed E-state index contributed by atoms with van der Waals surface area (Å²) in [7, 11) is 0. The highest BCUT2D eigenvalue weighted by atomic mass is 16.3. The van der Waals surface area contributed by atoms with Crippen molar-refractivity contribution in [1.82, 2.24) is 10.6 Å². The summed E-state index contributed by atoms with van der Waals surface area (Å²) in [5.41, 5.74) is -0.720. The van der Waals surface area contributed by atoms with Gasteiger partial charge in [-0.1, -0.05) is 12.8 Å². The van der Waals surface area contributed by atoms with Gasteiger partial charge in [-0.3, -0.25) is 0 Å². The van der Waals surface area contributed by atoms with Crippen molar-refractivity contribution in [3.8, 4) is 0 Å². The lowest BCUT2D eigenvalue weighted by molar-refractivity contribution is 0.0500. The maximum absolute atomic E-state index is 11.8. The minimum atomic E-state index is -0.720. The molecule has 0 radical (unpaired) electrons. The van der Waals surface area contributed by atoms with E-state index < -0.39 is 5.60 Å². The van der Waals surface area contributed by atoms with E-state index in [2.05, 4.69) is 10.6 Å². The molecule has 19 heavy (non-hydrogen) atoms. The Kier molecular flexibility index (Phi) is 4.14. The molecular weight excluding hydrogens is 244 g/mol. The Morgan fingerprint density at radius 2 is 2.16 bits per heavy atom. The lowest BCUT2D eigenvalue weighted by atomic mass is 10.0.